The lowest BCUT2D eigenvalue weighted by Crippen LogP contribution is -2.20. The Morgan fingerprint density at radius 2 is 1.88 bits per heavy atom. The highest BCUT2D eigenvalue weighted by Crippen LogP contribution is 2.32. The van der Waals surface area contributed by atoms with Gasteiger partial charge in [-0.05, 0) is 30.6 Å². The van der Waals surface area contributed by atoms with Crippen molar-refractivity contribution in [2.75, 3.05) is 13.1 Å². The fourth-order valence-corrected chi connectivity index (χ4v) is 2.09. The van der Waals surface area contributed by atoms with Crippen LogP contribution in [0.4, 0.5) is 0 Å². The molecule has 3 nitrogen and oxygen atoms in total. The van der Waals surface area contributed by atoms with Crippen molar-refractivity contribution in [2.24, 2.45) is 23.5 Å². The molecule has 3 N–H and O–H groups in total. The van der Waals surface area contributed by atoms with Crippen molar-refractivity contribution < 1.29 is 4.79 Å². The smallest absolute Gasteiger partial charge is 0.207 e. The van der Waals surface area contributed by atoms with E-state index >= 15 is 0 Å². The molecular weight excluding hydrogens is 200 g/mol. The Labute approximate surface area is 100 Å². The zero-order valence-corrected chi connectivity index (χ0v) is 11.0. The summed E-state index contributed by atoms with van der Waals surface area (Å²) >= 11 is 0. The molecule has 0 unspecified atom stereocenters. The summed E-state index contributed by atoms with van der Waals surface area (Å²) in [6.07, 6.45) is 6.55. The zero-order chi connectivity index (χ0) is 12.4. The Morgan fingerprint density at radius 1 is 1.31 bits per heavy atom. The highest BCUT2D eigenvalue weighted by atomic mass is 16.1. The van der Waals surface area contributed by atoms with Gasteiger partial charge < -0.3 is 11.1 Å². The van der Waals surface area contributed by atoms with E-state index < -0.39 is 0 Å². The Kier molecular flexibility index (Phi) is 9.30. The monoisotopic (exact) mass is 228 g/mol. The topological polar surface area (TPSA) is 55.1 Å². The second kappa shape index (κ2) is 9.64. The summed E-state index contributed by atoms with van der Waals surface area (Å²) in [6, 6.07) is 0. The maximum Gasteiger partial charge on any atom is 0.207 e. The first-order valence-corrected chi connectivity index (χ1v) is 6.48. The van der Waals surface area contributed by atoms with Crippen LogP contribution in [0.2, 0.25) is 0 Å². The molecule has 0 atom stereocenters. The van der Waals surface area contributed by atoms with Crippen LogP contribution in [0, 0.1) is 17.8 Å². The molecule has 0 aliphatic heterocycles. The average molecular weight is 228 g/mol. The van der Waals surface area contributed by atoms with E-state index in [1.165, 1.54) is 25.7 Å². The van der Waals surface area contributed by atoms with Crippen LogP contribution in [-0.2, 0) is 4.79 Å². The van der Waals surface area contributed by atoms with Gasteiger partial charge in [-0.3, -0.25) is 4.79 Å². The molecule has 0 saturated heterocycles. The van der Waals surface area contributed by atoms with Crippen LogP contribution >= 0.6 is 0 Å². The van der Waals surface area contributed by atoms with E-state index in [1.807, 2.05) is 0 Å². The molecule has 0 aromatic heterocycles. The van der Waals surface area contributed by atoms with E-state index in [9.17, 15) is 4.79 Å². The molecule has 3 heteroatoms. The number of nitrogens with one attached hydrogen (secondary N) is 1. The summed E-state index contributed by atoms with van der Waals surface area (Å²) in [5.41, 5.74) is 4.99. The van der Waals surface area contributed by atoms with E-state index in [0.29, 0.717) is 19.5 Å². The Bertz CT molecular complexity index is 163. The van der Waals surface area contributed by atoms with Gasteiger partial charge in [-0.1, -0.05) is 33.6 Å². The van der Waals surface area contributed by atoms with E-state index in [1.54, 1.807) is 0 Å². The van der Waals surface area contributed by atoms with Gasteiger partial charge in [-0.25, -0.2) is 0 Å². The van der Waals surface area contributed by atoms with Gasteiger partial charge in [0.25, 0.3) is 0 Å². The second-order valence-electron chi connectivity index (χ2n) is 5.12. The van der Waals surface area contributed by atoms with Gasteiger partial charge in [0, 0.05) is 13.1 Å². The van der Waals surface area contributed by atoms with Crippen LogP contribution in [0.3, 0.4) is 0 Å². The number of carbonyl (C=O) groups is 1. The molecule has 0 bridgehead atoms. The minimum Gasteiger partial charge on any atom is -0.357 e. The Balaban J connectivity index is 0.000000325. The third-order valence-electron chi connectivity index (χ3n) is 3.38. The number of carbonyl (C=O) groups excluding carboxylic acids is 1. The quantitative estimate of drug-likeness (QED) is 0.572. The molecule has 1 amide bonds. The van der Waals surface area contributed by atoms with E-state index in [4.69, 9.17) is 5.73 Å². The molecule has 16 heavy (non-hydrogen) atoms. The minimum absolute atomic E-state index is 0.513. The van der Waals surface area contributed by atoms with E-state index in [2.05, 4.69) is 26.1 Å². The van der Waals surface area contributed by atoms with Gasteiger partial charge >= 0.3 is 0 Å². The summed E-state index contributed by atoms with van der Waals surface area (Å²) < 4.78 is 0. The predicted octanol–water partition coefficient (Wildman–Crippen LogP) is 2.16. The van der Waals surface area contributed by atoms with Crippen molar-refractivity contribution in [2.45, 2.75) is 46.5 Å². The summed E-state index contributed by atoms with van der Waals surface area (Å²) in [6.45, 7) is 8.19. The van der Waals surface area contributed by atoms with E-state index in [0.717, 1.165) is 17.8 Å². The summed E-state index contributed by atoms with van der Waals surface area (Å²) in [5.74, 6) is 2.97. The maximum atomic E-state index is 9.40. The molecule has 0 heterocycles. The molecule has 1 aliphatic rings. The Morgan fingerprint density at radius 3 is 2.19 bits per heavy atom. The average Bonchev–Trinajstić information content (AvgIpc) is 2.28. The van der Waals surface area contributed by atoms with Crippen molar-refractivity contribution in [3.05, 3.63) is 0 Å². The normalized spacial score (nSPS) is 24.6. The highest BCUT2D eigenvalue weighted by Gasteiger charge is 2.19. The van der Waals surface area contributed by atoms with E-state index in [-0.39, 0.29) is 0 Å². The second-order valence-corrected chi connectivity index (χ2v) is 5.12. The molecule has 1 rings (SSSR count). The van der Waals surface area contributed by atoms with Crippen LogP contribution in [0.5, 0.6) is 0 Å². The number of nitrogens with two attached hydrogens (primary N) is 1. The molecule has 96 valence electrons. The first-order valence-electron chi connectivity index (χ1n) is 6.48. The van der Waals surface area contributed by atoms with Gasteiger partial charge in [-0.15, -0.1) is 0 Å². The van der Waals surface area contributed by atoms with Gasteiger partial charge in [0.05, 0.1) is 0 Å². The number of rotatable bonds is 4. The first-order chi connectivity index (χ1) is 7.61. The van der Waals surface area contributed by atoms with Crippen LogP contribution in [-0.4, -0.2) is 19.5 Å². The zero-order valence-electron chi connectivity index (χ0n) is 11.0. The van der Waals surface area contributed by atoms with Crippen LogP contribution in [0.15, 0.2) is 0 Å². The summed E-state index contributed by atoms with van der Waals surface area (Å²) in [4.78, 5) is 9.40. The van der Waals surface area contributed by atoms with Gasteiger partial charge in [0.15, 0.2) is 0 Å². The lowest BCUT2D eigenvalue weighted by Gasteiger charge is -2.28. The third kappa shape index (κ3) is 7.69. The Hall–Kier alpha value is -0.570. The standard InChI is InChI=1S/C10H20.C3H8N2O/c1-8(2)10-6-4-9(3)5-7-10;4-1-2-5-3-6/h8-10H,4-7H2,1-3H3;3H,1-2,4H2,(H,5,6). The van der Waals surface area contributed by atoms with Crippen LogP contribution < -0.4 is 11.1 Å². The number of amides is 1. The van der Waals surface area contributed by atoms with Crippen LogP contribution in [0.25, 0.3) is 0 Å². The van der Waals surface area contributed by atoms with Gasteiger partial charge in [-0.2, -0.15) is 0 Å². The number of hydrogen-bond acceptors (Lipinski definition) is 2. The maximum absolute atomic E-state index is 9.40. The fourth-order valence-electron chi connectivity index (χ4n) is 2.09. The predicted molar refractivity (Wildman–Crippen MR) is 69.1 cm³/mol. The molecule has 1 saturated carbocycles. The van der Waals surface area contributed by atoms with Crippen molar-refractivity contribution in [1.82, 2.24) is 5.32 Å². The lowest BCUT2D eigenvalue weighted by molar-refractivity contribution is -0.109. The highest BCUT2D eigenvalue weighted by molar-refractivity contribution is 5.45. The van der Waals surface area contributed by atoms with Crippen LogP contribution in [0.1, 0.15) is 46.5 Å². The lowest BCUT2D eigenvalue weighted by atomic mass is 9.78. The number of hydrogen-bond donors (Lipinski definition) is 2. The van der Waals surface area contributed by atoms with Crippen molar-refractivity contribution in [3.63, 3.8) is 0 Å². The molecule has 0 aromatic rings. The summed E-state index contributed by atoms with van der Waals surface area (Å²) in [5, 5.41) is 2.39. The molecule has 0 radical (unpaired) electrons. The summed E-state index contributed by atoms with van der Waals surface area (Å²) in [7, 11) is 0. The molecule has 0 spiro atoms. The van der Waals surface area contributed by atoms with Gasteiger partial charge in [0.1, 0.15) is 0 Å². The first kappa shape index (κ1) is 15.4. The van der Waals surface area contributed by atoms with Crippen molar-refractivity contribution in [3.8, 4) is 0 Å². The molecule has 1 fully saturated rings. The largest absolute Gasteiger partial charge is 0.357 e. The minimum atomic E-state index is 0.513. The molecule has 1 aliphatic carbocycles. The fraction of sp³-hybridized carbons (Fsp3) is 0.923. The third-order valence-corrected chi connectivity index (χ3v) is 3.38. The molecular formula is C13H28N2O. The van der Waals surface area contributed by atoms with Gasteiger partial charge in [0.2, 0.25) is 6.41 Å². The van der Waals surface area contributed by atoms with Crippen molar-refractivity contribution >= 4 is 6.41 Å². The SMILES string of the molecule is CC1CCC(C(C)C)CC1.NCCNC=O. The molecule has 0 aromatic carbocycles. The van der Waals surface area contributed by atoms with Crippen molar-refractivity contribution in [1.29, 1.82) is 0 Å².